The second-order valence-corrected chi connectivity index (χ2v) is 7.52. The molecule has 0 atom stereocenters. The molecular formula is C23H18N4O2S. The molecule has 3 aromatic carbocycles. The molecule has 4 rings (SSSR count). The maximum atomic E-state index is 12.4. The highest BCUT2D eigenvalue weighted by atomic mass is 32.1. The number of fused-ring (bicyclic) bond motifs is 1. The molecule has 0 saturated heterocycles. The van der Waals surface area contributed by atoms with Gasteiger partial charge in [-0.15, -0.1) is 16.5 Å². The van der Waals surface area contributed by atoms with Crippen LogP contribution in [0, 0.1) is 0 Å². The number of anilines is 1. The molecule has 0 saturated carbocycles. The number of nitrogens with one attached hydrogen (secondary N) is 1. The van der Waals surface area contributed by atoms with Crippen LogP contribution >= 0.6 is 11.3 Å². The smallest absolute Gasteiger partial charge is 0.279 e. The highest BCUT2D eigenvalue weighted by Gasteiger charge is 2.13. The fourth-order valence-corrected chi connectivity index (χ4v) is 3.74. The summed E-state index contributed by atoms with van der Waals surface area (Å²) >= 11 is 1.62. The lowest BCUT2D eigenvalue weighted by atomic mass is 10.2. The van der Waals surface area contributed by atoms with Crippen LogP contribution in [0.5, 0.6) is 0 Å². The zero-order valence-corrected chi connectivity index (χ0v) is 16.9. The molecule has 148 valence electrons. The summed E-state index contributed by atoms with van der Waals surface area (Å²) in [6.07, 6.45) is 0. The summed E-state index contributed by atoms with van der Waals surface area (Å²) in [6, 6.07) is 24.4. The molecule has 0 radical (unpaired) electrons. The van der Waals surface area contributed by atoms with Crippen molar-refractivity contribution >= 4 is 38.8 Å². The molecule has 0 aliphatic carbocycles. The predicted octanol–water partition coefficient (Wildman–Crippen LogP) is 6.48. The number of hydrogen-bond donors (Lipinski definition) is 2. The first kappa shape index (κ1) is 19.5. The molecule has 6 nitrogen and oxygen atoms in total. The normalized spacial score (nSPS) is 12.2. The number of carbonyl (C=O) groups is 1. The summed E-state index contributed by atoms with van der Waals surface area (Å²) < 4.78 is 1.13. The van der Waals surface area contributed by atoms with Gasteiger partial charge in [0.05, 0.1) is 15.9 Å². The van der Waals surface area contributed by atoms with Crippen LogP contribution in [0.3, 0.4) is 0 Å². The number of para-hydroxylation sites is 2. The highest BCUT2D eigenvalue weighted by Crippen LogP contribution is 2.31. The number of hydrogen-bond acceptors (Lipinski definition) is 6. The minimum atomic E-state index is -0.531. The number of rotatable bonds is 5. The van der Waals surface area contributed by atoms with Crippen molar-refractivity contribution in [2.75, 3.05) is 5.32 Å². The van der Waals surface area contributed by atoms with Crippen molar-refractivity contribution in [3.05, 3.63) is 90.3 Å². The Bertz CT molecular complexity index is 1210. The third kappa shape index (κ3) is 4.42. The van der Waals surface area contributed by atoms with E-state index in [2.05, 4.69) is 20.5 Å². The lowest BCUT2D eigenvalue weighted by Gasteiger charge is -2.05. The van der Waals surface area contributed by atoms with E-state index < -0.39 is 5.91 Å². The monoisotopic (exact) mass is 414 g/mol. The third-order valence-corrected chi connectivity index (χ3v) is 5.35. The van der Waals surface area contributed by atoms with Crippen molar-refractivity contribution in [1.29, 1.82) is 0 Å². The second-order valence-electron chi connectivity index (χ2n) is 6.49. The molecule has 2 N–H and O–H groups in total. The number of nitrogens with zero attached hydrogens (tertiary/aromatic N) is 3. The third-order valence-electron chi connectivity index (χ3n) is 4.26. The number of allylic oxidation sites excluding steroid dienone is 1. The standard InChI is InChI=1S/C23H18N4O2S/c1-15(28)21(22(29)24-17-7-3-2-4-8-17)27-26-18-13-11-16(12-14-18)23-25-19-9-5-6-10-20(19)30-23/h2-14,28H,1H3,(H,24,29)/b21-15+,27-26?. The van der Waals surface area contributed by atoms with Gasteiger partial charge in [-0.25, -0.2) is 4.98 Å². The Hall–Kier alpha value is -3.84. The molecular weight excluding hydrogens is 396 g/mol. The van der Waals surface area contributed by atoms with Crippen LogP contribution in [0.1, 0.15) is 6.92 Å². The molecule has 0 aliphatic rings. The van der Waals surface area contributed by atoms with Crippen LogP contribution in [0.2, 0.25) is 0 Å². The first-order valence-electron chi connectivity index (χ1n) is 9.24. The maximum absolute atomic E-state index is 12.4. The van der Waals surface area contributed by atoms with Crippen LogP contribution in [0.25, 0.3) is 20.8 Å². The van der Waals surface area contributed by atoms with E-state index in [-0.39, 0.29) is 11.5 Å². The molecule has 1 aromatic heterocycles. The molecule has 0 spiro atoms. The van der Waals surface area contributed by atoms with Crippen LogP contribution in [-0.2, 0) is 4.79 Å². The van der Waals surface area contributed by atoms with Gasteiger partial charge in [0.25, 0.3) is 5.91 Å². The van der Waals surface area contributed by atoms with Gasteiger partial charge in [-0.1, -0.05) is 30.3 Å². The molecule has 0 unspecified atom stereocenters. The molecule has 1 amide bonds. The first-order chi connectivity index (χ1) is 14.6. The van der Waals surface area contributed by atoms with Crippen molar-refractivity contribution in [3.63, 3.8) is 0 Å². The summed E-state index contributed by atoms with van der Waals surface area (Å²) in [5.74, 6) is -0.741. The lowest BCUT2D eigenvalue weighted by molar-refractivity contribution is -0.113. The second kappa shape index (κ2) is 8.67. The number of amides is 1. The average molecular weight is 414 g/mol. The van der Waals surface area contributed by atoms with E-state index in [0.717, 1.165) is 20.8 Å². The van der Waals surface area contributed by atoms with Gasteiger partial charge in [0.2, 0.25) is 0 Å². The Morgan fingerprint density at radius 2 is 1.67 bits per heavy atom. The average Bonchev–Trinajstić information content (AvgIpc) is 3.19. The highest BCUT2D eigenvalue weighted by molar-refractivity contribution is 7.21. The van der Waals surface area contributed by atoms with E-state index in [9.17, 15) is 9.90 Å². The van der Waals surface area contributed by atoms with Gasteiger partial charge >= 0.3 is 0 Å². The van der Waals surface area contributed by atoms with E-state index in [4.69, 9.17) is 0 Å². The van der Waals surface area contributed by atoms with Gasteiger partial charge in [0, 0.05) is 11.3 Å². The fraction of sp³-hybridized carbons (Fsp3) is 0.0435. The first-order valence-corrected chi connectivity index (χ1v) is 10.1. The van der Waals surface area contributed by atoms with Crippen molar-refractivity contribution in [1.82, 2.24) is 4.98 Å². The summed E-state index contributed by atoms with van der Waals surface area (Å²) in [7, 11) is 0. The number of carbonyl (C=O) groups excluding carboxylic acids is 1. The maximum Gasteiger partial charge on any atom is 0.279 e. The minimum absolute atomic E-state index is 0.144. The number of aliphatic hydroxyl groups is 1. The van der Waals surface area contributed by atoms with E-state index >= 15 is 0 Å². The summed E-state index contributed by atoms with van der Waals surface area (Å²) in [4.78, 5) is 17.1. The van der Waals surface area contributed by atoms with Crippen LogP contribution in [0.15, 0.2) is 101 Å². The SMILES string of the molecule is C/C(O)=C(\N=Nc1ccc(-c2nc3ccccc3s2)cc1)C(=O)Nc1ccccc1. The van der Waals surface area contributed by atoms with E-state index in [1.807, 2.05) is 42.5 Å². The number of aliphatic hydroxyl groups excluding tert-OH is 1. The van der Waals surface area contributed by atoms with Gasteiger partial charge in [0.1, 0.15) is 10.8 Å². The Morgan fingerprint density at radius 3 is 2.37 bits per heavy atom. The van der Waals surface area contributed by atoms with Crippen LogP contribution < -0.4 is 5.32 Å². The summed E-state index contributed by atoms with van der Waals surface area (Å²) in [6.45, 7) is 1.40. The molecule has 7 heteroatoms. The Morgan fingerprint density at radius 1 is 0.967 bits per heavy atom. The van der Waals surface area contributed by atoms with Crippen molar-refractivity contribution in [3.8, 4) is 10.6 Å². The molecule has 1 heterocycles. The van der Waals surface area contributed by atoms with E-state index in [1.54, 1.807) is 47.7 Å². The van der Waals surface area contributed by atoms with Gasteiger partial charge < -0.3 is 10.4 Å². The minimum Gasteiger partial charge on any atom is -0.510 e. The molecule has 0 fully saturated rings. The number of thiazole rings is 1. The van der Waals surface area contributed by atoms with Gasteiger partial charge in [0.15, 0.2) is 5.70 Å². The number of azo groups is 1. The zero-order chi connectivity index (χ0) is 20.9. The molecule has 4 aromatic rings. The lowest BCUT2D eigenvalue weighted by Crippen LogP contribution is -2.14. The van der Waals surface area contributed by atoms with Crippen molar-refractivity contribution in [2.45, 2.75) is 6.92 Å². The van der Waals surface area contributed by atoms with Crippen LogP contribution in [0.4, 0.5) is 11.4 Å². The summed E-state index contributed by atoms with van der Waals surface area (Å²) in [5, 5.41) is 21.5. The molecule has 0 aliphatic heterocycles. The van der Waals surface area contributed by atoms with E-state index in [1.165, 1.54) is 6.92 Å². The van der Waals surface area contributed by atoms with Gasteiger partial charge in [-0.2, -0.15) is 5.11 Å². The van der Waals surface area contributed by atoms with Crippen molar-refractivity contribution < 1.29 is 9.90 Å². The van der Waals surface area contributed by atoms with Gasteiger partial charge in [-0.05, 0) is 55.5 Å². The Kier molecular flexibility index (Phi) is 5.63. The Labute approximate surface area is 177 Å². The van der Waals surface area contributed by atoms with Crippen LogP contribution in [-0.4, -0.2) is 16.0 Å². The Balaban J connectivity index is 1.50. The van der Waals surface area contributed by atoms with E-state index in [0.29, 0.717) is 11.4 Å². The van der Waals surface area contributed by atoms with Gasteiger partial charge in [-0.3, -0.25) is 4.79 Å². The summed E-state index contributed by atoms with van der Waals surface area (Å²) in [5.41, 5.74) is 2.97. The predicted molar refractivity (Wildman–Crippen MR) is 120 cm³/mol. The zero-order valence-electron chi connectivity index (χ0n) is 16.1. The number of benzene rings is 3. The largest absolute Gasteiger partial charge is 0.510 e. The van der Waals surface area contributed by atoms with Crippen molar-refractivity contribution in [2.24, 2.45) is 10.2 Å². The molecule has 0 bridgehead atoms. The topological polar surface area (TPSA) is 86.9 Å². The number of aromatic nitrogens is 1. The fourth-order valence-electron chi connectivity index (χ4n) is 2.77. The molecule has 30 heavy (non-hydrogen) atoms. The quantitative estimate of drug-likeness (QED) is 0.223.